The first-order valence-corrected chi connectivity index (χ1v) is 13.0. The molecule has 1 aromatic heterocycles. The number of anilines is 2. The summed E-state index contributed by atoms with van der Waals surface area (Å²) in [6.45, 7) is 3.66. The Bertz CT molecular complexity index is 1420. The highest BCUT2D eigenvalue weighted by atomic mass is 35.5. The highest BCUT2D eigenvalue weighted by Gasteiger charge is 2.40. The molecular formula is C23H24ClF3N6O3S. The van der Waals surface area contributed by atoms with Crippen LogP contribution in [-0.2, 0) is 16.2 Å². The van der Waals surface area contributed by atoms with Gasteiger partial charge in [-0.2, -0.15) is 18.3 Å². The largest absolute Gasteiger partial charge is 0.434 e. The predicted molar refractivity (Wildman–Crippen MR) is 137 cm³/mol. The van der Waals surface area contributed by atoms with Crippen molar-refractivity contribution in [2.45, 2.75) is 26.1 Å². The van der Waals surface area contributed by atoms with Crippen molar-refractivity contribution in [2.75, 3.05) is 23.9 Å². The molecule has 3 aromatic rings. The molecule has 1 amide bonds. The van der Waals surface area contributed by atoms with E-state index in [0.29, 0.717) is 15.4 Å². The monoisotopic (exact) mass is 556 g/mol. The average molecular weight is 557 g/mol. The van der Waals surface area contributed by atoms with Gasteiger partial charge in [0.2, 0.25) is 5.96 Å². The number of hydrogen-bond donors (Lipinski definition) is 2. The second-order valence-corrected chi connectivity index (χ2v) is 10.4. The van der Waals surface area contributed by atoms with Crippen molar-refractivity contribution in [3.63, 3.8) is 0 Å². The third-order valence-corrected chi connectivity index (χ3v) is 5.85. The molecule has 0 aliphatic rings. The van der Waals surface area contributed by atoms with Gasteiger partial charge in [-0.1, -0.05) is 17.7 Å². The van der Waals surface area contributed by atoms with Crippen LogP contribution in [0.25, 0.3) is 5.69 Å². The van der Waals surface area contributed by atoms with E-state index in [0.717, 1.165) is 12.5 Å². The van der Waals surface area contributed by atoms with E-state index in [9.17, 15) is 26.4 Å². The maximum atomic E-state index is 13.9. The Kier molecular flexibility index (Phi) is 8.18. The van der Waals surface area contributed by atoms with Crippen LogP contribution in [0.3, 0.4) is 0 Å². The van der Waals surface area contributed by atoms with Gasteiger partial charge in [-0.05, 0) is 56.3 Å². The number of sulfonamides is 1. The van der Waals surface area contributed by atoms with Crippen molar-refractivity contribution < 1.29 is 26.4 Å². The van der Waals surface area contributed by atoms with Gasteiger partial charge in [-0.25, -0.2) is 13.1 Å². The summed E-state index contributed by atoms with van der Waals surface area (Å²) in [5.74, 6) is -1.00. The van der Waals surface area contributed by atoms with Crippen molar-refractivity contribution in [1.29, 1.82) is 0 Å². The van der Waals surface area contributed by atoms with Crippen LogP contribution in [0.5, 0.6) is 0 Å². The number of nitrogens with zero attached hydrogens (tertiary/aromatic N) is 4. The van der Waals surface area contributed by atoms with Gasteiger partial charge < -0.3 is 15.5 Å². The van der Waals surface area contributed by atoms with Crippen molar-refractivity contribution in [3.05, 3.63) is 71.0 Å². The van der Waals surface area contributed by atoms with E-state index in [2.05, 4.69) is 20.1 Å². The summed E-state index contributed by atoms with van der Waals surface area (Å²) in [5.41, 5.74) is -1.34. The molecular weight excluding hydrogens is 533 g/mol. The van der Waals surface area contributed by atoms with E-state index in [1.807, 2.05) is 13.8 Å². The molecule has 37 heavy (non-hydrogen) atoms. The van der Waals surface area contributed by atoms with Crippen LogP contribution >= 0.6 is 11.6 Å². The molecule has 14 heteroatoms. The molecule has 0 saturated carbocycles. The molecule has 0 radical (unpaired) electrons. The zero-order chi connectivity index (χ0) is 27.5. The Morgan fingerprint density at radius 1 is 1.11 bits per heavy atom. The number of carbonyl (C=O) groups is 1. The fraction of sp³-hybridized carbons (Fsp3) is 0.261. The molecule has 9 nitrogen and oxygen atoms in total. The zero-order valence-corrected chi connectivity index (χ0v) is 21.8. The second kappa shape index (κ2) is 10.8. The zero-order valence-electron chi connectivity index (χ0n) is 20.2. The van der Waals surface area contributed by atoms with Crippen LogP contribution in [0.15, 0.2) is 59.1 Å². The number of aromatic nitrogens is 2. The number of hydrogen-bond acceptors (Lipinski definition) is 4. The lowest BCUT2D eigenvalue weighted by atomic mass is 10.2. The summed E-state index contributed by atoms with van der Waals surface area (Å²) in [7, 11) is -2.09. The van der Waals surface area contributed by atoms with E-state index in [-0.39, 0.29) is 23.4 Å². The lowest BCUT2D eigenvalue weighted by Crippen LogP contribution is -2.38. The second-order valence-electron chi connectivity index (χ2n) is 8.31. The highest BCUT2D eigenvalue weighted by Crippen LogP contribution is 2.34. The fourth-order valence-electron chi connectivity index (χ4n) is 3.14. The summed E-state index contributed by atoms with van der Waals surface area (Å²) >= 11 is 5.82. The fourth-order valence-corrected chi connectivity index (χ4v) is 3.76. The molecule has 0 bridgehead atoms. The molecule has 2 N–H and O–H groups in total. The lowest BCUT2D eigenvalue weighted by Gasteiger charge is -2.25. The number of carbonyl (C=O) groups excluding carboxylic acids is 1. The SMILES string of the molecule is CC(C)N(C)C(=NS(C)(=O)=O)Nc1cccc(NC(=O)c2cnn(-c3ccc(Cl)cc3)c2C(F)(F)F)c1. The summed E-state index contributed by atoms with van der Waals surface area (Å²) < 4.78 is 69.7. The molecule has 0 aliphatic heterocycles. The minimum Gasteiger partial charge on any atom is -0.342 e. The topological polar surface area (TPSA) is 109 Å². The molecule has 0 saturated heterocycles. The van der Waals surface area contributed by atoms with Crippen molar-refractivity contribution in [2.24, 2.45) is 4.40 Å². The molecule has 0 unspecified atom stereocenters. The maximum Gasteiger partial charge on any atom is 0.434 e. The van der Waals surface area contributed by atoms with E-state index in [1.165, 1.54) is 42.5 Å². The molecule has 0 aliphatic carbocycles. The maximum absolute atomic E-state index is 13.9. The van der Waals surface area contributed by atoms with Crippen LogP contribution in [-0.4, -0.2) is 54.3 Å². The summed E-state index contributed by atoms with van der Waals surface area (Å²) in [6.07, 6.45) is -3.10. The third-order valence-electron chi connectivity index (χ3n) is 5.09. The van der Waals surface area contributed by atoms with Crippen LogP contribution in [0.2, 0.25) is 5.02 Å². The van der Waals surface area contributed by atoms with Gasteiger partial charge >= 0.3 is 6.18 Å². The Morgan fingerprint density at radius 2 is 1.70 bits per heavy atom. The van der Waals surface area contributed by atoms with Gasteiger partial charge in [0.25, 0.3) is 15.9 Å². The highest BCUT2D eigenvalue weighted by molar-refractivity contribution is 7.89. The number of benzene rings is 2. The molecule has 0 atom stereocenters. The Balaban J connectivity index is 1.91. The first-order chi connectivity index (χ1) is 17.2. The minimum absolute atomic E-state index is 0.0320. The van der Waals surface area contributed by atoms with Gasteiger partial charge in [0, 0.05) is 29.5 Å². The number of amides is 1. The molecule has 0 fully saturated rings. The van der Waals surface area contributed by atoms with Crippen LogP contribution in [0, 0.1) is 0 Å². The van der Waals surface area contributed by atoms with Gasteiger partial charge in [0.15, 0.2) is 5.69 Å². The minimum atomic E-state index is -4.88. The van der Waals surface area contributed by atoms with Gasteiger partial charge in [-0.15, -0.1) is 4.40 Å². The molecule has 2 aromatic carbocycles. The van der Waals surface area contributed by atoms with Crippen LogP contribution in [0.1, 0.15) is 29.9 Å². The Labute approximate surface area is 217 Å². The number of nitrogens with one attached hydrogen (secondary N) is 2. The van der Waals surface area contributed by atoms with Gasteiger partial charge in [0.1, 0.15) is 0 Å². The number of alkyl halides is 3. The predicted octanol–water partition coefficient (Wildman–Crippen LogP) is 4.86. The van der Waals surface area contributed by atoms with Crippen LogP contribution < -0.4 is 10.6 Å². The lowest BCUT2D eigenvalue weighted by molar-refractivity contribution is -0.143. The first-order valence-electron chi connectivity index (χ1n) is 10.8. The number of guanidine groups is 1. The van der Waals surface area contributed by atoms with Crippen molar-refractivity contribution >= 4 is 44.9 Å². The summed E-state index contributed by atoms with van der Waals surface area (Å²) in [5, 5.41) is 9.42. The third kappa shape index (κ3) is 7.23. The van der Waals surface area contributed by atoms with Crippen molar-refractivity contribution in [1.82, 2.24) is 14.7 Å². The van der Waals surface area contributed by atoms with E-state index in [1.54, 1.807) is 18.0 Å². The number of rotatable bonds is 6. The van der Waals surface area contributed by atoms with Gasteiger partial charge in [-0.3, -0.25) is 4.79 Å². The van der Waals surface area contributed by atoms with E-state index >= 15 is 0 Å². The standard InChI is InChI=1S/C23H24ClF3N6O3S/c1-14(2)32(3)22(31-37(4,35)36)30-17-7-5-6-16(12-17)29-21(34)19-13-28-33(20(19)23(25,26)27)18-10-8-15(24)9-11-18/h5-14H,1-4H3,(H,29,34)(H,30,31). The molecule has 198 valence electrons. The van der Waals surface area contributed by atoms with E-state index < -0.39 is 33.4 Å². The number of halogens is 4. The summed E-state index contributed by atoms with van der Waals surface area (Å²) in [4.78, 5) is 14.5. The average Bonchev–Trinajstić information content (AvgIpc) is 3.24. The smallest absolute Gasteiger partial charge is 0.342 e. The first kappa shape index (κ1) is 28.0. The summed E-state index contributed by atoms with van der Waals surface area (Å²) in [6, 6.07) is 11.4. The van der Waals surface area contributed by atoms with Crippen molar-refractivity contribution in [3.8, 4) is 5.69 Å². The Morgan fingerprint density at radius 3 is 2.24 bits per heavy atom. The quantitative estimate of drug-likeness (QED) is 0.331. The molecule has 3 rings (SSSR count). The molecule has 1 heterocycles. The molecule has 0 spiro atoms. The van der Waals surface area contributed by atoms with E-state index in [4.69, 9.17) is 11.6 Å². The van der Waals surface area contributed by atoms with Gasteiger partial charge in [0.05, 0.1) is 23.7 Å². The Hall–Kier alpha value is -3.58. The normalized spacial score (nSPS) is 12.5. The van der Waals surface area contributed by atoms with Crippen LogP contribution in [0.4, 0.5) is 24.5 Å².